The lowest BCUT2D eigenvalue weighted by atomic mass is 9.68. The molecule has 2 aliphatic carbocycles. The molecule has 1 aromatic heterocycles. The maximum Gasteiger partial charge on any atom is 0.410 e. The number of fused-ring (bicyclic) bond motifs is 3. The van der Waals surface area contributed by atoms with Gasteiger partial charge in [-0.25, -0.2) is 9.18 Å². The zero-order valence-electron chi connectivity index (χ0n) is 28.4. The number of likely N-dealkylation sites (N-methyl/N-ethyl adjacent to an activating group) is 1. The monoisotopic (exact) mass is 680 g/mol. The number of hydrogen-bond donors (Lipinski definition) is 0. The Hall–Kier alpha value is -3.46. The fourth-order valence-corrected chi connectivity index (χ4v) is 8.29. The van der Waals surface area contributed by atoms with Gasteiger partial charge in [-0.3, -0.25) is 4.90 Å². The Balaban J connectivity index is 1.31. The number of piperazine rings is 1. The predicted molar refractivity (Wildman–Crippen MR) is 181 cm³/mol. The van der Waals surface area contributed by atoms with Gasteiger partial charge < -0.3 is 24.0 Å². The summed E-state index contributed by atoms with van der Waals surface area (Å²) in [4.78, 5) is 28.4. The fourth-order valence-electron chi connectivity index (χ4n) is 8.03. The van der Waals surface area contributed by atoms with Crippen molar-refractivity contribution in [1.82, 2.24) is 19.8 Å². The molecule has 1 spiro atoms. The van der Waals surface area contributed by atoms with Crippen LogP contribution in [0, 0.1) is 11.3 Å². The van der Waals surface area contributed by atoms with Gasteiger partial charge in [0.05, 0.1) is 35.9 Å². The van der Waals surface area contributed by atoms with Crippen molar-refractivity contribution in [3.8, 4) is 12.1 Å². The zero-order valence-corrected chi connectivity index (χ0v) is 29.1. The first kappa shape index (κ1) is 34.4. The molecular weight excluding hydrogens is 635 g/mol. The minimum Gasteiger partial charge on any atom is -0.462 e. The molecule has 0 saturated carbocycles. The van der Waals surface area contributed by atoms with E-state index in [0.29, 0.717) is 62.0 Å². The van der Waals surface area contributed by atoms with Crippen LogP contribution < -0.4 is 9.64 Å². The summed E-state index contributed by atoms with van der Waals surface area (Å²) >= 11 is 6.58. The van der Waals surface area contributed by atoms with Crippen LogP contribution in [0.5, 0.6) is 6.01 Å². The quantitative estimate of drug-likeness (QED) is 0.312. The molecular formula is C36H46ClFN6O4. The SMILES string of the molecule is C=CCOC(=O)N1CCN(c2nc(OC[C@@H]3C[C@@H](OC(C)(C)C)CN3C)nc3c2CC[C@@]2(CCc4c(Cl)cccc42)[C@H]3F)C[C@@H]1CC#N. The minimum atomic E-state index is -1.38. The number of anilines is 1. The highest BCUT2D eigenvalue weighted by Gasteiger charge is 2.51. The molecule has 6 rings (SSSR count). The van der Waals surface area contributed by atoms with E-state index in [1.165, 1.54) is 6.08 Å². The third kappa shape index (κ3) is 6.72. The van der Waals surface area contributed by atoms with E-state index in [-0.39, 0.29) is 36.8 Å². The van der Waals surface area contributed by atoms with Crippen LogP contribution in [0.1, 0.15) is 75.0 Å². The Morgan fingerprint density at radius 3 is 2.69 bits per heavy atom. The summed E-state index contributed by atoms with van der Waals surface area (Å²) in [6.07, 6.45) is 3.21. The second kappa shape index (κ2) is 13.8. The van der Waals surface area contributed by atoms with E-state index in [0.717, 1.165) is 36.1 Å². The second-order valence-electron chi connectivity index (χ2n) is 14.5. The van der Waals surface area contributed by atoms with Gasteiger partial charge in [-0.2, -0.15) is 15.2 Å². The Bertz CT molecular complexity index is 1580. The Kier molecular flexibility index (Phi) is 9.90. The topological polar surface area (TPSA) is 104 Å². The van der Waals surface area contributed by atoms with E-state index in [4.69, 9.17) is 35.8 Å². The largest absolute Gasteiger partial charge is 0.462 e. The zero-order chi connectivity index (χ0) is 34.2. The summed E-state index contributed by atoms with van der Waals surface area (Å²) in [5.41, 5.74) is 2.12. The number of alkyl halides is 1. The molecule has 1 amide bonds. The van der Waals surface area contributed by atoms with Crippen molar-refractivity contribution in [2.24, 2.45) is 0 Å². The van der Waals surface area contributed by atoms with Gasteiger partial charge in [0.25, 0.3) is 0 Å². The number of carbonyl (C=O) groups excluding carboxylic acids is 1. The molecule has 2 aliphatic heterocycles. The number of likely N-dealkylation sites (tertiary alicyclic amines) is 1. The number of rotatable bonds is 8. The fraction of sp³-hybridized carbons (Fsp3) is 0.611. The maximum atomic E-state index is 17.2. The lowest BCUT2D eigenvalue weighted by Crippen LogP contribution is -2.56. The van der Waals surface area contributed by atoms with Gasteiger partial charge in [-0.05, 0) is 77.1 Å². The summed E-state index contributed by atoms with van der Waals surface area (Å²) in [7, 11) is 2.05. The molecule has 0 N–H and O–H groups in total. The van der Waals surface area contributed by atoms with Crippen LogP contribution in [0.3, 0.4) is 0 Å². The Morgan fingerprint density at radius 1 is 1.19 bits per heavy atom. The number of ether oxygens (including phenoxy) is 3. The summed E-state index contributed by atoms with van der Waals surface area (Å²) in [6.45, 7) is 12.1. The van der Waals surface area contributed by atoms with Crippen molar-refractivity contribution in [2.45, 2.75) is 94.7 Å². The molecule has 2 aromatic rings. The third-order valence-corrected chi connectivity index (χ3v) is 10.6. The Labute approximate surface area is 287 Å². The van der Waals surface area contributed by atoms with Crippen LogP contribution >= 0.6 is 11.6 Å². The molecule has 2 fully saturated rings. The number of halogens is 2. The predicted octanol–water partition coefficient (Wildman–Crippen LogP) is 5.96. The van der Waals surface area contributed by atoms with Crippen LogP contribution in [0.2, 0.25) is 5.02 Å². The first-order valence-corrected chi connectivity index (χ1v) is 17.3. The molecule has 258 valence electrons. The summed E-state index contributed by atoms with van der Waals surface area (Å²) < 4.78 is 35.1. The van der Waals surface area contributed by atoms with Crippen molar-refractivity contribution in [2.75, 3.05) is 51.3 Å². The highest BCUT2D eigenvalue weighted by Crippen LogP contribution is 2.56. The van der Waals surface area contributed by atoms with Gasteiger partial charge in [0.1, 0.15) is 19.0 Å². The van der Waals surface area contributed by atoms with Crippen molar-refractivity contribution in [3.05, 3.63) is 58.3 Å². The van der Waals surface area contributed by atoms with Gasteiger partial charge in [0, 0.05) is 48.2 Å². The van der Waals surface area contributed by atoms with Crippen molar-refractivity contribution in [1.29, 1.82) is 5.26 Å². The number of amides is 1. The molecule has 12 heteroatoms. The number of carbonyl (C=O) groups is 1. The number of aromatic nitrogens is 2. The molecule has 3 heterocycles. The molecule has 10 nitrogen and oxygen atoms in total. The van der Waals surface area contributed by atoms with Crippen LogP contribution in [0.25, 0.3) is 0 Å². The minimum absolute atomic E-state index is 0.0829. The van der Waals surface area contributed by atoms with E-state index in [1.807, 2.05) is 23.1 Å². The summed E-state index contributed by atoms with van der Waals surface area (Å²) in [5.74, 6) is 0.604. The molecule has 0 unspecified atom stereocenters. The molecule has 5 atom stereocenters. The second-order valence-corrected chi connectivity index (χ2v) is 14.9. The highest BCUT2D eigenvalue weighted by atomic mass is 35.5. The van der Waals surface area contributed by atoms with Crippen LogP contribution in [0.15, 0.2) is 30.9 Å². The van der Waals surface area contributed by atoms with Crippen LogP contribution in [-0.2, 0) is 27.7 Å². The molecule has 2 saturated heterocycles. The number of nitrogens with zero attached hydrogens (tertiary/aromatic N) is 6. The summed E-state index contributed by atoms with van der Waals surface area (Å²) in [5, 5.41) is 10.3. The Morgan fingerprint density at radius 2 is 1.96 bits per heavy atom. The standard InChI is InChI=1S/C36H46ClFN6O4/c1-6-18-46-34(45)44-17-16-43(20-23(44)12-15-39)32-27-11-14-36(13-10-26-28(36)8-7-9-29(26)37)31(38)30(27)40-33(41-32)47-22-24-19-25(21-42(24)5)48-35(2,3)4/h6-9,23-25,31H,1,10-14,16-22H2,2-5H3/t23-,24-,25+,31-,36+/m0/s1. The van der Waals surface area contributed by atoms with Crippen LogP contribution in [-0.4, -0.2) is 96.1 Å². The van der Waals surface area contributed by atoms with Gasteiger partial charge in [0.15, 0.2) is 6.17 Å². The maximum absolute atomic E-state index is 17.2. The van der Waals surface area contributed by atoms with E-state index < -0.39 is 23.7 Å². The van der Waals surface area contributed by atoms with Crippen molar-refractivity contribution in [3.63, 3.8) is 0 Å². The molecule has 1 aromatic carbocycles. The normalized spacial score (nSPS) is 27.0. The van der Waals surface area contributed by atoms with E-state index in [2.05, 4.69) is 45.4 Å². The van der Waals surface area contributed by atoms with Gasteiger partial charge in [-0.15, -0.1) is 0 Å². The van der Waals surface area contributed by atoms with Gasteiger partial charge in [0.2, 0.25) is 0 Å². The van der Waals surface area contributed by atoms with Crippen molar-refractivity contribution < 1.29 is 23.4 Å². The molecule has 48 heavy (non-hydrogen) atoms. The summed E-state index contributed by atoms with van der Waals surface area (Å²) in [6, 6.07) is 7.78. The number of nitriles is 1. The smallest absolute Gasteiger partial charge is 0.410 e. The average molecular weight is 681 g/mol. The van der Waals surface area contributed by atoms with Gasteiger partial charge in [-0.1, -0.05) is 36.4 Å². The van der Waals surface area contributed by atoms with E-state index >= 15 is 4.39 Å². The average Bonchev–Trinajstić information content (AvgIpc) is 3.60. The first-order valence-electron chi connectivity index (χ1n) is 16.9. The molecule has 0 bridgehead atoms. The first-order chi connectivity index (χ1) is 22.9. The van der Waals surface area contributed by atoms with Crippen molar-refractivity contribution >= 4 is 23.5 Å². The highest BCUT2D eigenvalue weighted by molar-refractivity contribution is 6.31. The molecule has 0 radical (unpaired) electrons. The lowest BCUT2D eigenvalue weighted by Gasteiger charge is -2.43. The lowest BCUT2D eigenvalue weighted by molar-refractivity contribution is -0.0536. The van der Waals surface area contributed by atoms with Gasteiger partial charge >= 0.3 is 12.1 Å². The third-order valence-electron chi connectivity index (χ3n) is 10.3. The van der Waals surface area contributed by atoms with Crippen LogP contribution in [0.4, 0.5) is 15.0 Å². The number of benzene rings is 1. The van der Waals surface area contributed by atoms with E-state index in [1.54, 1.807) is 4.90 Å². The molecule has 4 aliphatic rings. The van der Waals surface area contributed by atoms with E-state index in [9.17, 15) is 10.1 Å². The number of hydrogen-bond acceptors (Lipinski definition) is 9.